The summed E-state index contributed by atoms with van der Waals surface area (Å²) in [6, 6.07) is 11.3. The van der Waals surface area contributed by atoms with Crippen molar-refractivity contribution in [3.63, 3.8) is 0 Å². The second-order valence-corrected chi connectivity index (χ2v) is 11.5. The van der Waals surface area contributed by atoms with Crippen molar-refractivity contribution in [2.75, 3.05) is 50.5 Å². The quantitative estimate of drug-likeness (QED) is 0.407. The summed E-state index contributed by atoms with van der Waals surface area (Å²) in [5, 5.41) is 9.21. The van der Waals surface area contributed by atoms with Crippen LogP contribution in [-0.4, -0.2) is 75.3 Å². The summed E-state index contributed by atoms with van der Waals surface area (Å²) in [4.78, 5) is 39.0. The molecule has 0 bridgehead atoms. The first-order valence-electron chi connectivity index (χ1n) is 12.0. The average Bonchev–Trinajstić information content (AvgIpc) is 3.25. The summed E-state index contributed by atoms with van der Waals surface area (Å²) < 4.78 is 34.1. The van der Waals surface area contributed by atoms with Gasteiger partial charge in [-0.3, -0.25) is 14.9 Å². The highest BCUT2D eigenvalue weighted by Crippen LogP contribution is 2.37. The van der Waals surface area contributed by atoms with Gasteiger partial charge in [0.2, 0.25) is 15.9 Å². The van der Waals surface area contributed by atoms with Crippen LogP contribution in [0.1, 0.15) is 24.2 Å². The number of hydrogen-bond acceptors (Lipinski definition) is 7. The molecule has 202 valence electrons. The van der Waals surface area contributed by atoms with Gasteiger partial charge in [0.25, 0.3) is 5.91 Å². The van der Waals surface area contributed by atoms with Crippen LogP contribution in [0.25, 0.3) is 10.1 Å². The Morgan fingerprint density at radius 3 is 2.39 bits per heavy atom. The lowest BCUT2D eigenvalue weighted by Gasteiger charge is -2.34. The predicted octanol–water partition coefficient (Wildman–Crippen LogP) is 3.16. The van der Waals surface area contributed by atoms with Crippen molar-refractivity contribution < 1.29 is 27.5 Å². The summed E-state index contributed by atoms with van der Waals surface area (Å²) in [5.74, 6) is -0.287. The molecule has 0 unspecified atom stereocenters. The van der Waals surface area contributed by atoms with E-state index in [-0.39, 0.29) is 48.6 Å². The van der Waals surface area contributed by atoms with Crippen LogP contribution >= 0.6 is 11.3 Å². The number of rotatable bonds is 7. The van der Waals surface area contributed by atoms with E-state index in [9.17, 15) is 22.8 Å². The highest BCUT2D eigenvalue weighted by atomic mass is 32.2. The molecule has 2 aromatic carbocycles. The monoisotopic (exact) mass is 559 g/mol. The van der Waals surface area contributed by atoms with Gasteiger partial charge in [0, 0.05) is 49.7 Å². The molecule has 0 radical (unpaired) electrons. The minimum Gasteiger partial charge on any atom is -0.495 e. The van der Waals surface area contributed by atoms with Crippen molar-refractivity contribution in [3.8, 4) is 5.75 Å². The fourth-order valence-electron chi connectivity index (χ4n) is 4.23. The molecule has 0 spiro atoms. The van der Waals surface area contributed by atoms with Gasteiger partial charge >= 0.3 is 6.03 Å². The maximum atomic E-state index is 13.6. The molecule has 0 saturated carbocycles. The number of carbonyl (C=O) groups is 3. The van der Waals surface area contributed by atoms with Crippen LogP contribution in [0.15, 0.2) is 47.4 Å². The van der Waals surface area contributed by atoms with Crippen molar-refractivity contribution in [2.45, 2.75) is 18.7 Å². The van der Waals surface area contributed by atoms with Gasteiger partial charge in [-0.1, -0.05) is 18.2 Å². The number of methoxy groups -OCH3 is 1. The molecule has 2 heterocycles. The van der Waals surface area contributed by atoms with Crippen LogP contribution in [0.3, 0.4) is 0 Å². The summed E-state index contributed by atoms with van der Waals surface area (Å²) in [6.07, 6.45) is 0. The van der Waals surface area contributed by atoms with E-state index >= 15 is 0 Å². The van der Waals surface area contributed by atoms with E-state index in [1.807, 2.05) is 24.3 Å². The van der Waals surface area contributed by atoms with Gasteiger partial charge in [-0.15, -0.1) is 11.3 Å². The second-order valence-electron chi connectivity index (χ2n) is 8.53. The molecule has 1 fully saturated rings. The number of benzene rings is 2. The van der Waals surface area contributed by atoms with Gasteiger partial charge in [-0.25, -0.2) is 13.2 Å². The zero-order chi connectivity index (χ0) is 27.4. The first kappa shape index (κ1) is 27.4. The number of urea groups is 1. The van der Waals surface area contributed by atoms with Gasteiger partial charge < -0.3 is 20.3 Å². The molecular formula is C25H29N5O6S2. The number of thiophene rings is 1. The molecule has 3 N–H and O–H groups in total. The Kier molecular flexibility index (Phi) is 8.19. The van der Waals surface area contributed by atoms with Gasteiger partial charge in [0.1, 0.15) is 10.8 Å². The Hall–Kier alpha value is -3.68. The molecule has 4 rings (SSSR count). The molecule has 3 aromatic rings. The number of carbonyl (C=O) groups excluding carboxylic acids is 3. The Bertz CT molecular complexity index is 1480. The minimum absolute atomic E-state index is 0.0130. The minimum atomic E-state index is -3.89. The maximum absolute atomic E-state index is 13.6. The van der Waals surface area contributed by atoms with E-state index in [1.54, 1.807) is 11.8 Å². The topological polar surface area (TPSA) is 137 Å². The number of piperazine rings is 1. The third-order valence-corrected chi connectivity index (χ3v) is 9.00. The van der Waals surface area contributed by atoms with E-state index in [1.165, 1.54) is 47.9 Å². The van der Waals surface area contributed by atoms with Gasteiger partial charge in [-0.2, -0.15) is 4.31 Å². The number of fused-ring (bicyclic) bond motifs is 1. The van der Waals surface area contributed by atoms with Gasteiger partial charge in [0.05, 0.1) is 23.3 Å². The first-order valence-corrected chi connectivity index (χ1v) is 14.2. The SMILES string of the molecule is CCNC(=O)Nc1sc2ccccc2c1C(=O)N1CCN(S(=O)(=O)c2ccc(OC)c(NC(C)=O)c2)CC1. The molecule has 1 aliphatic heterocycles. The van der Waals surface area contributed by atoms with Crippen molar-refractivity contribution in [3.05, 3.63) is 48.0 Å². The molecule has 38 heavy (non-hydrogen) atoms. The molecule has 13 heteroatoms. The third kappa shape index (κ3) is 5.59. The molecule has 0 atom stereocenters. The number of hydrogen-bond donors (Lipinski definition) is 3. The van der Waals surface area contributed by atoms with Crippen LogP contribution in [-0.2, 0) is 14.8 Å². The van der Waals surface area contributed by atoms with E-state index < -0.39 is 16.1 Å². The van der Waals surface area contributed by atoms with Gasteiger partial charge in [0.15, 0.2) is 0 Å². The molecule has 0 aliphatic carbocycles. The Morgan fingerprint density at radius 2 is 1.74 bits per heavy atom. The molecule has 4 amide bonds. The number of anilines is 2. The molecule has 1 aromatic heterocycles. The number of ether oxygens (including phenoxy) is 1. The summed E-state index contributed by atoms with van der Waals surface area (Å²) >= 11 is 1.31. The third-order valence-electron chi connectivity index (χ3n) is 6.02. The predicted molar refractivity (Wildman–Crippen MR) is 146 cm³/mol. The smallest absolute Gasteiger partial charge is 0.319 e. The van der Waals surface area contributed by atoms with Gasteiger partial charge in [-0.05, 0) is 31.2 Å². The zero-order valence-corrected chi connectivity index (χ0v) is 22.9. The van der Waals surface area contributed by atoms with E-state index in [0.29, 0.717) is 22.9 Å². The lowest BCUT2D eigenvalue weighted by Crippen LogP contribution is -2.50. The largest absolute Gasteiger partial charge is 0.495 e. The van der Waals surface area contributed by atoms with Crippen LogP contribution in [0.2, 0.25) is 0 Å². The fourth-order valence-corrected chi connectivity index (χ4v) is 6.77. The van der Waals surface area contributed by atoms with Crippen LogP contribution < -0.4 is 20.7 Å². The lowest BCUT2D eigenvalue weighted by molar-refractivity contribution is -0.114. The average molecular weight is 560 g/mol. The number of nitrogens with one attached hydrogen (secondary N) is 3. The van der Waals surface area contributed by atoms with E-state index in [2.05, 4.69) is 16.0 Å². The molecule has 11 nitrogen and oxygen atoms in total. The molecule has 1 aliphatic rings. The molecular weight excluding hydrogens is 530 g/mol. The zero-order valence-electron chi connectivity index (χ0n) is 21.2. The maximum Gasteiger partial charge on any atom is 0.319 e. The van der Waals surface area contributed by atoms with Crippen LogP contribution in [0, 0.1) is 0 Å². The normalized spacial score (nSPS) is 14.2. The van der Waals surface area contributed by atoms with Crippen LogP contribution in [0.4, 0.5) is 15.5 Å². The van der Waals surface area contributed by atoms with Crippen LogP contribution in [0.5, 0.6) is 5.75 Å². The van der Waals surface area contributed by atoms with Crippen molar-refractivity contribution in [2.24, 2.45) is 0 Å². The lowest BCUT2D eigenvalue weighted by atomic mass is 10.1. The van der Waals surface area contributed by atoms with Crippen molar-refractivity contribution in [1.29, 1.82) is 0 Å². The standard InChI is InChI=1S/C25H29N5O6S2/c1-4-26-25(33)28-23-22(18-7-5-6-8-21(18)37-23)24(32)29-11-13-30(14-12-29)38(34,35)17-9-10-20(36-3)19(15-17)27-16(2)31/h5-10,15H,4,11-14H2,1-3H3,(H,27,31)(H2,26,28,33). The Labute approximate surface area is 224 Å². The molecule has 1 saturated heterocycles. The fraction of sp³-hybridized carbons (Fsp3) is 0.320. The summed E-state index contributed by atoms with van der Waals surface area (Å²) in [7, 11) is -2.46. The van der Waals surface area contributed by atoms with E-state index in [4.69, 9.17) is 4.74 Å². The Morgan fingerprint density at radius 1 is 1.03 bits per heavy atom. The Balaban J connectivity index is 1.54. The van der Waals surface area contributed by atoms with Crippen molar-refractivity contribution >= 4 is 60.0 Å². The van der Waals surface area contributed by atoms with Crippen molar-refractivity contribution in [1.82, 2.24) is 14.5 Å². The highest BCUT2D eigenvalue weighted by molar-refractivity contribution is 7.89. The highest BCUT2D eigenvalue weighted by Gasteiger charge is 2.33. The summed E-state index contributed by atoms with van der Waals surface area (Å²) in [5.41, 5.74) is 0.648. The second kappa shape index (κ2) is 11.4. The van der Waals surface area contributed by atoms with E-state index in [0.717, 1.165) is 10.1 Å². The summed E-state index contributed by atoms with van der Waals surface area (Å²) in [6.45, 7) is 4.11. The number of sulfonamides is 1. The number of nitrogens with zero attached hydrogens (tertiary/aromatic N) is 2. The first-order chi connectivity index (χ1) is 18.1. The number of amides is 4.